The fraction of sp³-hybridized carbons (Fsp3) is 0.300. The number of hydrogen-bond acceptors (Lipinski definition) is 5. The second-order valence-corrected chi connectivity index (χ2v) is 9.22. The third-order valence-electron chi connectivity index (χ3n) is 4.61. The lowest BCUT2D eigenvalue weighted by atomic mass is 10.2. The van der Waals surface area contributed by atoms with Gasteiger partial charge in [-0.2, -0.15) is 9.41 Å². The predicted molar refractivity (Wildman–Crippen MR) is 114 cm³/mol. The third kappa shape index (κ3) is 5.86. The van der Waals surface area contributed by atoms with Crippen LogP contribution in [0.15, 0.2) is 58.5 Å². The number of benzene rings is 2. The first-order chi connectivity index (χ1) is 13.8. The molecule has 2 aromatic carbocycles. The minimum absolute atomic E-state index is 0.158. The normalized spacial score (nSPS) is 16.2. The van der Waals surface area contributed by atoms with Crippen molar-refractivity contribution >= 4 is 33.7 Å². The van der Waals surface area contributed by atoms with Gasteiger partial charge in [-0.1, -0.05) is 41.4 Å². The fourth-order valence-corrected chi connectivity index (χ4v) is 4.61. The van der Waals surface area contributed by atoms with Crippen molar-refractivity contribution in [2.75, 3.05) is 32.7 Å². The molecule has 0 atom stereocenters. The highest BCUT2D eigenvalue weighted by Crippen LogP contribution is 2.18. The number of carbonyl (C=O) groups excluding carboxylic acids is 1. The number of rotatable bonds is 6. The first-order valence-corrected chi connectivity index (χ1v) is 11.0. The van der Waals surface area contributed by atoms with Crippen LogP contribution in [-0.2, 0) is 14.8 Å². The summed E-state index contributed by atoms with van der Waals surface area (Å²) < 4.78 is 26.9. The molecule has 1 fully saturated rings. The highest BCUT2D eigenvalue weighted by Gasteiger charge is 2.28. The standard InChI is InChI=1S/C20H23ClN4O3S/c1-16-5-7-19(8-6-16)29(27,28)25-11-9-24(10-12-25)15-20(26)23-22-14-17-3-2-4-18(21)13-17/h2-8,13-14H,9-12,15H2,1H3,(H,23,26)/b22-14+. The Bertz CT molecular complexity index is 985. The molecule has 0 unspecified atom stereocenters. The number of hydrazone groups is 1. The molecule has 9 heteroatoms. The van der Waals surface area contributed by atoms with Crippen molar-refractivity contribution < 1.29 is 13.2 Å². The van der Waals surface area contributed by atoms with Gasteiger partial charge in [-0.15, -0.1) is 0 Å². The van der Waals surface area contributed by atoms with E-state index in [-0.39, 0.29) is 12.5 Å². The van der Waals surface area contributed by atoms with Gasteiger partial charge in [0.15, 0.2) is 0 Å². The van der Waals surface area contributed by atoms with Crippen LogP contribution in [0.2, 0.25) is 5.02 Å². The van der Waals surface area contributed by atoms with Crippen LogP contribution in [0.1, 0.15) is 11.1 Å². The Morgan fingerprint density at radius 3 is 2.48 bits per heavy atom. The maximum Gasteiger partial charge on any atom is 0.254 e. The topological polar surface area (TPSA) is 82.1 Å². The van der Waals surface area contributed by atoms with Crippen molar-refractivity contribution in [1.82, 2.24) is 14.6 Å². The van der Waals surface area contributed by atoms with E-state index in [1.54, 1.807) is 42.5 Å². The summed E-state index contributed by atoms with van der Waals surface area (Å²) in [5, 5.41) is 4.53. The predicted octanol–water partition coefficient (Wildman–Crippen LogP) is 2.11. The Morgan fingerprint density at radius 2 is 1.83 bits per heavy atom. The van der Waals surface area contributed by atoms with Gasteiger partial charge in [0, 0.05) is 31.2 Å². The molecule has 154 valence electrons. The molecule has 1 amide bonds. The van der Waals surface area contributed by atoms with E-state index in [4.69, 9.17) is 11.6 Å². The molecule has 1 N–H and O–H groups in total. The van der Waals surface area contributed by atoms with E-state index in [9.17, 15) is 13.2 Å². The number of nitrogens with one attached hydrogen (secondary N) is 1. The Balaban J connectivity index is 1.48. The lowest BCUT2D eigenvalue weighted by molar-refractivity contribution is -0.122. The summed E-state index contributed by atoms with van der Waals surface area (Å²) in [6.45, 7) is 3.72. The highest BCUT2D eigenvalue weighted by atomic mass is 35.5. The van der Waals surface area contributed by atoms with Crippen molar-refractivity contribution in [3.63, 3.8) is 0 Å². The molecule has 1 aliphatic heterocycles. The minimum Gasteiger partial charge on any atom is -0.292 e. The summed E-state index contributed by atoms with van der Waals surface area (Å²) in [5.41, 5.74) is 4.28. The number of aryl methyl sites for hydroxylation is 1. The van der Waals surface area contributed by atoms with Crippen LogP contribution >= 0.6 is 11.6 Å². The van der Waals surface area contributed by atoms with Crippen LogP contribution in [-0.4, -0.2) is 62.5 Å². The van der Waals surface area contributed by atoms with Crippen LogP contribution in [0.4, 0.5) is 0 Å². The van der Waals surface area contributed by atoms with Gasteiger partial charge in [0.1, 0.15) is 0 Å². The summed E-state index contributed by atoms with van der Waals surface area (Å²) in [7, 11) is -3.51. The maximum atomic E-state index is 12.7. The van der Waals surface area contributed by atoms with Crippen LogP contribution in [0.3, 0.4) is 0 Å². The summed E-state index contributed by atoms with van der Waals surface area (Å²) in [6, 6.07) is 14.0. The van der Waals surface area contributed by atoms with Crippen molar-refractivity contribution in [2.45, 2.75) is 11.8 Å². The molecule has 1 heterocycles. The van der Waals surface area contributed by atoms with E-state index in [0.717, 1.165) is 11.1 Å². The van der Waals surface area contributed by atoms with Crippen LogP contribution in [0.25, 0.3) is 0 Å². The summed E-state index contributed by atoms with van der Waals surface area (Å²) in [5.74, 6) is -0.252. The molecule has 7 nitrogen and oxygen atoms in total. The first kappa shape index (κ1) is 21.4. The summed E-state index contributed by atoms with van der Waals surface area (Å²) >= 11 is 5.90. The Labute approximate surface area is 176 Å². The second-order valence-electron chi connectivity index (χ2n) is 6.84. The Kier molecular flexibility index (Phi) is 7.02. The second kappa shape index (κ2) is 9.49. The lowest BCUT2D eigenvalue weighted by Gasteiger charge is -2.33. The van der Waals surface area contributed by atoms with Gasteiger partial charge >= 0.3 is 0 Å². The molecule has 3 rings (SSSR count). The SMILES string of the molecule is Cc1ccc(S(=O)(=O)N2CCN(CC(=O)N/N=C/c3cccc(Cl)c3)CC2)cc1. The molecule has 29 heavy (non-hydrogen) atoms. The molecule has 0 aromatic heterocycles. The molecule has 0 saturated carbocycles. The zero-order chi connectivity index (χ0) is 20.9. The van der Waals surface area contributed by atoms with Gasteiger partial charge in [0.25, 0.3) is 5.91 Å². The smallest absolute Gasteiger partial charge is 0.254 e. The molecule has 0 radical (unpaired) electrons. The first-order valence-electron chi connectivity index (χ1n) is 9.21. The Morgan fingerprint density at radius 1 is 1.14 bits per heavy atom. The van der Waals surface area contributed by atoms with Crippen molar-refractivity contribution in [3.8, 4) is 0 Å². The van der Waals surface area contributed by atoms with Gasteiger partial charge in [-0.3, -0.25) is 9.69 Å². The summed E-state index contributed by atoms with van der Waals surface area (Å²) in [6.07, 6.45) is 1.52. The molecule has 0 spiro atoms. The fourth-order valence-electron chi connectivity index (χ4n) is 2.99. The Hall–Kier alpha value is -2.26. The van der Waals surface area contributed by atoms with Crippen molar-refractivity contribution in [3.05, 3.63) is 64.7 Å². The van der Waals surface area contributed by atoms with E-state index in [1.807, 2.05) is 17.9 Å². The summed E-state index contributed by atoms with van der Waals surface area (Å²) in [4.78, 5) is 14.3. The van der Waals surface area contributed by atoms with Gasteiger partial charge in [0.2, 0.25) is 10.0 Å². The maximum absolute atomic E-state index is 12.7. The number of sulfonamides is 1. The van der Waals surface area contributed by atoms with Crippen LogP contribution in [0, 0.1) is 6.92 Å². The van der Waals surface area contributed by atoms with E-state index >= 15 is 0 Å². The van der Waals surface area contributed by atoms with E-state index in [0.29, 0.717) is 36.1 Å². The van der Waals surface area contributed by atoms with Gasteiger partial charge in [-0.05, 0) is 36.8 Å². The van der Waals surface area contributed by atoms with E-state index < -0.39 is 10.0 Å². The average molecular weight is 435 g/mol. The number of amides is 1. The zero-order valence-corrected chi connectivity index (χ0v) is 17.7. The zero-order valence-electron chi connectivity index (χ0n) is 16.1. The number of hydrogen-bond donors (Lipinski definition) is 1. The van der Waals surface area contributed by atoms with Gasteiger partial charge in [-0.25, -0.2) is 13.8 Å². The van der Waals surface area contributed by atoms with Crippen LogP contribution < -0.4 is 5.43 Å². The van der Waals surface area contributed by atoms with Crippen LogP contribution in [0.5, 0.6) is 0 Å². The van der Waals surface area contributed by atoms with Crippen molar-refractivity contribution in [1.29, 1.82) is 0 Å². The molecular weight excluding hydrogens is 412 g/mol. The molecule has 2 aromatic rings. The number of halogens is 1. The monoisotopic (exact) mass is 434 g/mol. The van der Waals surface area contributed by atoms with Crippen molar-refractivity contribution in [2.24, 2.45) is 5.10 Å². The molecular formula is C20H23ClN4O3S. The minimum atomic E-state index is -3.51. The van der Waals surface area contributed by atoms with E-state index in [2.05, 4.69) is 10.5 Å². The van der Waals surface area contributed by atoms with E-state index in [1.165, 1.54) is 10.5 Å². The van der Waals surface area contributed by atoms with Gasteiger partial charge < -0.3 is 0 Å². The largest absolute Gasteiger partial charge is 0.292 e. The lowest BCUT2D eigenvalue weighted by Crippen LogP contribution is -2.50. The number of nitrogens with zero attached hydrogens (tertiary/aromatic N) is 3. The number of carbonyl (C=O) groups is 1. The number of piperazine rings is 1. The molecule has 1 aliphatic rings. The molecule has 1 saturated heterocycles. The molecule has 0 aliphatic carbocycles. The third-order valence-corrected chi connectivity index (χ3v) is 6.76. The molecule has 0 bridgehead atoms. The quantitative estimate of drug-likeness (QED) is 0.557. The highest BCUT2D eigenvalue weighted by molar-refractivity contribution is 7.89. The van der Waals surface area contributed by atoms with Gasteiger partial charge in [0.05, 0.1) is 17.7 Å². The average Bonchev–Trinajstić information content (AvgIpc) is 2.69.